The highest BCUT2D eigenvalue weighted by molar-refractivity contribution is 5.46. The van der Waals surface area contributed by atoms with Crippen molar-refractivity contribution in [3.8, 4) is 6.07 Å². The molecule has 1 aliphatic rings. The molecule has 1 heterocycles. The third kappa shape index (κ3) is 1.38. The average molecular weight is 212 g/mol. The SMILES string of the molecule is Cc1c(F)c(F)c(C#N)c(C2CN2)c1F. The van der Waals surface area contributed by atoms with Crippen LogP contribution < -0.4 is 5.32 Å². The van der Waals surface area contributed by atoms with Crippen molar-refractivity contribution in [2.24, 2.45) is 0 Å². The Kier molecular flexibility index (Phi) is 2.16. The molecule has 1 aromatic carbocycles. The molecule has 0 bridgehead atoms. The molecule has 1 N–H and O–H groups in total. The van der Waals surface area contributed by atoms with Crippen LogP contribution in [0, 0.1) is 35.7 Å². The van der Waals surface area contributed by atoms with E-state index in [-0.39, 0.29) is 17.2 Å². The van der Waals surface area contributed by atoms with Crippen molar-refractivity contribution in [2.45, 2.75) is 13.0 Å². The number of hydrogen-bond donors (Lipinski definition) is 1. The molecular weight excluding hydrogens is 205 g/mol. The molecule has 0 amide bonds. The van der Waals surface area contributed by atoms with Gasteiger partial charge in [-0.2, -0.15) is 5.26 Å². The monoisotopic (exact) mass is 212 g/mol. The predicted octanol–water partition coefficient (Wildman–Crippen LogP) is 1.93. The standard InChI is InChI=1S/C10H7F3N2/c1-4-8(11)7(6-3-15-6)5(2-14)10(13)9(4)12/h6,15H,3H2,1H3. The first-order chi connectivity index (χ1) is 7.07. The van der Waals surface area contributed by atoms with Crippen LogP contribution >= 0.6 is 0 Å². The number of rotatable bonds is 1. The first-order valence-electron chi connectivity index (χ1n) is 4.38. The summed E-state index contributed by atoms with van der Waals surface area (Å²) in [5.41, 5.74) is -0.977. The van der Waals surface area contributed by atoms with Gasteiger partial charge in [-0.25, -0.2) is 13.2 Å². The highest BCUT2D eigenvalue weighted by Crippen LogP contribution is 2.32. The zero-order valence-corrected chi connectivity index (χ0v) is 7.87. The van der Waals surface area contributed by atoms with Crippen LogP contribution in [0.3, 0.4) is 0 Å². The topological polar surface area (TPSA) is 45.7 Å². The third-order valence-electron chi connectivity index (χ3n) is 2.44. The van der Waals surface area contributed by atoms with E-state index in [0.29, 0.717) is 6.54 Å². The Labute approximate surface area is 84.3 Å². The van der Waals surface area contributed by atoms with Gasteiger partial charge in [0, 0.05) is 23.7 Å². The normalized spacial score (nSPS) is 18.7. The van der Waals surface area contributed by atoms with E-state index in [1.54, 1.807) is 0 Å². The summed E-state index contributed by atoms with van der Waals surface area (Å²) in [5.74, 6) is -3.38. The molecular formula is C10H7F3N2. The van der Waals surface area contributed by atoms with Gasteiger partial charge >= 0.3 is 0 Å². The molecule has 0 radical (unpaired) electrons. The number of hydrogen-bond acceptors (Lipinski definition) is 2. The molecule has 1 fully saturated rings. The largest absolute Gasteiger partial charge is 0.307 e. The molecule has 1 aliphatic heterocycles. The van der Waals surface area contributed by atoms with E-state index in [2.05, 4.69) is 5.32 Å². The van der Waals surface area contributed by atoms with Gasteiger partial charge in [-0.1, -0.05) is 0 Å². The second-order valence-electron chi connectivity index (χ2n) is 3.43. The van der Waals surface area contributed by atoms with Gasteiger partial charge in [-0.05, 0) is 6.92 Å². The molecule has 2 rings (SSSR count). The highest BCUT2D eigenvalue weighted by Gasteiger charge is 2.33. The molecule has 0 spiro atoms. The van der Waals surface area contributed by atoms with Gasteiger partial charge < -0.3 is 5.32 Å². The number of halogens is 3. The molecule has 1 saturated heterocycles. The van der Waals surface area contributed by atoms with E-state index in [1.165, 1.54) is 6.07 Å². The maximum Gasteiger partial charge on any atom is 0.177 e. The summed E-state index contributed by atoms with van der Waals surface area (Å²) in [6.07, 6.45) is 0. The molecule has 15 heavy (non-hydrogen) atoms. The molecule has 0 saturated carbocycles. The smallest absolute Gasteiger partial charge is 0.177 e. The van der Waals surface area contributed by atoms with Gasteiger partial charge in [0.15, 0.2) is 11.6 Å². The maximum absolute atomic E-state index is 13.6. The lowest BCUT2D eigenvalue weighted by Crippen LogP contribution is -2.06. The van der Waals surface area contributed by atoms with E-state index in [9.17, 15) is 13.2 Å². The van der Waals surface area contributed by atoms with E-state index in [1.807, 2.05) is 0 Å². The number of nitrogens with zero attached hydrogens (tertiary/aromatic N) is 1. The fourth-order valence-corrected chi connectivity index (χ4v) is 1.50. The molecule has 5 heteroatoms. The second-order valence-corrected chi connectivity index (χ2v) is 3.43. The van der Waals surface area contributed by atoms with Gasteiger partial charge in [0.2, 0.25) is 0 Å². The molecule has 1 unspecified atom stereocenters. The molecule has 78 valence electrons. The predicted molar refractivity (Wildman–Crippen MR) is 46.5 cm³/mol. The molecule has 0 aromatic heterocycles. The minimum Gasteiger partial charge on any atom is -0.307 e. The number of benzene rings is 1. The Bertz CT molecular complexity index is 473. The van der Waals surface area contributed by atoms with Crippen molar-refractivity contribution >= 4 is 0 Å². The Balaban J connectivity index is 2.77. The van der Waals surface area contributed by atoms with Crippen molar-refractivity contribution in [1.82, 2.24) is 5.32 Å². The van der Waals surface area contributed by atoms with Crippen LogP contribution in [0.5, 0.6) is 0 Å². The summed E-state index contributed by atoms with van der Waals surface area (Å²) in [5, 5.41) is 11.4. The van der Waals surface area contributed by atoms with Crippen molar-refractivity contribution in [1.29, 1.82) is 5.26 Å². The van der Waals surface area contributed by atoms with Crippen LogP contribution in [0.25, 0.3) is 0 Å². The fraction of sp³-hybridized carbons (Fsp3) is 0.300. The molecule has 0 aliphatic carbocycles. The van der Waals surface area contributed by atoms with E-state index < -0.39 is 23.0 Å². The van der Waals surface area contributed by atoms with E-state index >= 15 is 0 Å². The fourth-order valence-electron chi connectivity index (χ4n) is 1.50. The van der Waals surface area contributed by atoms with Crippen molar-refractivity contribution in [2.75, 3.05) is 6.54 Å². The first-order valence-corrected chi connectivity index (χ1v) is 4.38. The lowest BCUT2D eigenvalue weighted by molar-refractivity contribution is 0.478. The summed E-state index contributed by atoms with van der Waals surface area (Å²) < 4.78 is 40.0. The summed E-state index contributed by atoms with van der Waals surface area (Å²) in [4.78, 5) is 0. The number of nitrogens with one attached hydrogen (secondary N) is 1. The van der Waals surface area contributed by atoms with E-state index in [4.69, 9.17) is 5.26 Å². The van der Waals surface area contributed by atoms with Gasteiger partial charge in [-0.15, -0.1) is 0 Å². The summed E-state index contributed by atoms with van der Waals surface area (Å²) >= 11 is 0. The average Bonchev–Trinajstić information content (AvgIpc) is 3.03. The number of nitriles is 1. The molecule has 2 nitrogen and oxygen atoms in total. The Morgan fingerprint density at radius 2 is 1.87 bits per heavy atom. The van der Waals surface area contributed by atoms with Gasteiger partial charge in [-0.3, -0.25) is 0 Å². The minimum atomic E-state index is -1.28. The van der Waals surface area contributed by atoms with Crippen molar-refractivity contribution < 1.29 is 13.2 Å². The van der Waals surface area contributed by atoms with E-state index in [0.717, 1.165) is 6.92 Å². The summed E-state index contributed by atoms with van der Waals surface area (Å²) in [7, 11) is 0. The zero-order valence-electron chi connectivity index (χ0n) is 7.87. The summed E-state index contributed by atoms with van der Waals surface area (Å²) in [6, 6.07) is 1.13. The van der Waals surface area contributed by atoms with Crippen LogP contribution in [0.1, 0.15) is 22.7 Å². The van der Waals surface area contributed by atoms with Crippen molar-refractivity contribution in [3.05, 3.63) is 34.1 Å². The lowest BCUT2D eigenvalue weighted by atomic mass is 10.00. The zero-order chi connectivity index (χ0) is 11.2. The Morgan fingerprint density at radius 1 is 1.27 bits per heavy atom. The van der Waals surface area contributed by atoms with Crippen LogP contribution in [-0.4, -0.2) is 6.54 Å². The van der Waals surface area contributed by atoms with Crippen LogP contribution in [0.4, 0.5) is 13.2 Å². The van der Waals surface area contributed by atoms with Gasteiger partial charge in [0.1, 0.15) is 11.9 Å². The molecule has 1 atom stereocenters. The molecule has 1 aromatic rings. The van der Waals surface area contributed by atoms with Crippen molar-refractivity contribution in [3.63, 3.8) is 0 Å². The minimum absolute atomic E-state index is 0.0612. The Hall–Kier alpha value is -1.54. The van der Waals surface area contributed by atoms with Gasteiger partial charge in [0.05, 0.1) is 5.56 Å². The lowest BCUT2D eigenvalue weighted by Gasteiger charge is -2.08. The highest BCUT2D eigenvalue weighted by atomic mass is 19.2. The first kappa shape index (κ1) is 9.99. The van der Waals surface area contributed by atoms with Gasteiger partial charge in [0.25, 0.3) is 0 Å². The van der Waals surface area contributed by atoms with Crippen LogP contribution in [0.15, 0.2) is 0 Å². The third-order valence-corrected chi connectivity index (χ3v) is 2.44. The second kappa shape index (κ2) is 3.24. The van der Waals surface area contributed by atoms with Crippen LogP contribution in [0.2, 0.25) is 0 Å². The van der Waals surface area contributed by atoms with Crippen LogP contribution in [-0.2, 0) is 0 Å². The maximum atomic E-state index is 13.6. The quantitative estimate of drug-likeness (QED) is 0.571. The Morgan fingerprint density at radius 3 is 2.33 bits per heavy atom. The summed E-state index contributed by atoms with van der Waals surface area (Å²) in [6.45, 7) is 1.64.